The minimum Gasteiger partial charge on any atom is -0.494 e. The fourth-order valence-electron chi connectivity index (χ4n) is 3.84. The molecule has 0 aromatic heterocycles. The summed E-state index contributed by atoms with van der Waals surface area (Å²) in [6.45, 7) is 9.94. The van der Waals surface area contributed by atoms with E-state index in [1.54, 1.807) is 0 Å². The van der Waals surface area contributed by atoms with E-state index in [2.05, 4.69) is 67.3 Å². The second kappa shape index (κ2) is 11.6. The molecule has 2 rings (SSSR count). The van der Waals surface area contributed by atoms with Crippen molar-refractivity contribution < 1.29 is 4.74 Å². The zero-order valence-electron chi connectivity index (χ0n) is 17.3. The van der Waals surface area contributed by atoms with Crippen LogP contribution in [-0.2, 0) is 0 Å². The topological polar surface area (TPSA) is 27.7 Å². The number of nitrogens with zero attached hydrogens (tertiary/aromatic N) is 2. The fraction of sp³-hybridized carbons (Fsp3) is 0.727. The van der Waals surface area contributed by atoms with E-state index in [0.717, 1.165) is 38.4 Å². The van der Waals surface area contributed by atoms with E-state index in [1.807, 2.05) is 0 Å². The van der Waals surface area contributed by atoms with Crippen LogP contribution in [0.25, 0.3) is 0 Å². The van der Waals surface area contributed by atoms with Crippen LogP contribution in [-0.4, -0.2) is 62.7 Å². The normalized spacial score (nSPS) is 19.5. The zero-order chi connectivity index (χ0) is 18.8. The first-order valence-electron chi connectivity index (χ1n) is 10.5. The Morgan fingerprint density at radius 1 is 1.15 bits per heavy atom. The number of nitrogens with one attached hydrogen (secondary N) is 1. The van der Waals surface area contributed by atoms with Gasteiger partial charge >= 0.3 is 0 Å². The van der Waals surface area contributed by atoms with Gasteiger partial charge in [-0.15, -0.1) is 0 Å². The molecule has 0 aliphatic carbocycles. The minimum atomic E-state index is 0.447. The monoisotopic (exact) mass is 361 g/mol. The van der Waals surface area contributed by atoms with E-state index in [4.69, 9.17) is 4.74 Å². The summed E-state index contributed by atoms with van der Waals surface area (Å²) in [7, 11) is 4.20. The van der Waals surface area contributed by atoms with Crippen molar-refractivity contribution in [1.29, 1.82) is 0 Å². The van der Waals surface area contributed by atoms with E-state index in [1.165, 1.54) is 37.8 Å². The molecule has 2 atom stereocenters. The van der Waals surface area contributed by atoms with Crippen molar-refractivity contribution in [3.8, 4) is 5.75 Å². The SMILES string of the molecule is CCCN(C1CCCCNC1)C(C)c1ccc(OCCCN(C)C)cc1. The lowest BCUT2D eigenvalue weighted by atomic mass is 10.0. The molecule has 0 bridgehead atoms. The summed E-state index contributed by atoms with van der Waals surface area (Å²) in [5.74, 6) is 0.984. The van der Waals surface area contributed by atoms with Crippen LogP contribution in [0.3, 0.4) is 0 Å². The van der Waals surface area contributed by atoms with Gasteiger partial charge in [0.2, 0.25) is 0 Å². The summed E-state index contributed by atoms with van der Waals surface area (Å²) < 4.78 is 5.88. The van der Waals surface area contributed by atoms with Crippen LogP contribution in [0.1, 0.15) is 57.6 Å². The van der Waals surface area contributed by atoms with Crippen LogP contribution in [0.4, 0.5) is 0 Å². The molecule has 0 saturated carbocycles. The van der Waals surface area contributed by atoms with Gasteiger partial charge in [0.1, 0.15) is 5.75 Å². The Balaban J connectivity index is 1.93. The highest BCUT2D eigenvalue weighted by molar-refractivity contribution is 5.29. The molecule has 2 unspecified atom stereocenters. The third-order valence-electron chi connectivity index (χ3n) is 5.35. The largest absolute Gasteiger partial charge is 0.494 e. The first kappa shape index (κ1) is 21.2. The van der Waals surface area contributed by atoms with Gasteiger partial charge in [-0.1, -0.05) is 25.5 Å². The number of hydrogen-bond donors (Lipinski definition) is 1. The quantitative estimate of drug-likeness (QED) is 0.639. The summed E-state index contributed by atoms with van der Waals surface area (Å²) in [4.78, 5) is 4.89. The maximum absolute atomic E-state index is 5.88. The van der Waals surface area contributed by atoms with Gasteiger partial charge in [-0.05, 0) is 77.5 Å². The molecule has 0 radical (unpaired) electrons. The molecule has 1 aliphatic heterocycles. The van der Waals surface area contributed by atoms with Gasteiger partial charge in [0.05, 0.1) is 6.61 Å². The molecule has 1 aliphatic rings. The molecule has 26 heavy (non-hydrogen) atoms. The highest BCUT2D eigenvalue weighted by Gasteiger charge is 2.24. The van der Waals surface area contributed by atoms with Crippen LogP contribution < -0.4 is 10.1 Å². The standard InChI is InChI=1S/C22H39N3O/c1-5-15-25(21-9-6-7-14-23-18-21)19(2)20-10-12-22(13-11-20)26-17-8-16-24(3)4/h10-13,19,21,23H,5-9,14-18H2,1-4H3. The molecule has 1 saturated heterocycles. The van der Waals surface area contributed by atoms with Gasteiger partial charge in [0, 0.05) is 25.2 Å². The summed E-state index contributed by atoms with van der Waals surface area (Å²) >= 11 is 0. The number of ether oxygens (including phenoxy) is 1. The number of rotatable bonds is 10. The third-order valence-corrected chi connectivity index (χ3v) is 5.35. The predicted octanol–water partition coefficient (Wildman–Crippen LogP) is 3.93. The Hall–Kier alpha value is -1.10. The Morgan fingerprint density at radius 3 is 2.62 bits per heavy atom. The molecule has 1 N–H and O–H groups in total. The Labute approximate surface area is 160 Å². The molecular weight excluding hydrogens is 322 g/mol. The molecular formula is C22H39N3O. The van der Waals surface area contributed by atoms with E-state index in [0.29, 0.717) is 12.1 Å². The minimum absolute atomic E-state index is 0.447. The first-order valence-corrected chi connectivity index (χ1v) is 10.5. The van der Waals surface area contributed by atoms with Gasteiger partial charge in [-0.3, -0.25) is 4.90 Å². The van der Waals surface area contributed by atoms with E-state index >= 15 is 0 Å². The molecule has 148 valence electrons. The smallest absolute Gasteiger partial charge is 0.119 e. The molecule has 0 amide bonds. The van der Waals surface area contributed by atoms with E-state index < -0.39 is 0 Å². The van der Waals surface area contributed by atoms with Gasteiger partial charge in [0.25, 0.3) is 0 Å². The summed E-state index contributed by atoms with van der Waals surface area (Å²) in [6.07, 6.45) is 6.22. The van der Waals surface area contributed by atoms with E-state index in [9.17, 15) is 0 Å². The van der Waals surface area contributed by atoms with Crippen LogP contribution in [0.15, 0.2) is 24.3 Å². The van der Waals surface area contributed by atoms with Gasteiger partial charge < -0.3 is 15.0 Å². The van der Waals surface area contributed by atoms with Crippen molar-refractivity contribution >= 4 is 0 Å². The molecule has 1 aromatic rings. The highest BCUT2D eigenvalue weighted by Crippen LogP contribution is 2.27. The van der Waals surface area contributed by atoms with Gasteiger partial charge in [0.15, 0.2) is 0 Å². The number of hydrogen-bond acceptors (Lipinski definition) is 4. The van der Waals surface area contributed by atoms with Crippen molar-refractivity contribution in [2.24, 2.45) is 0 Å². The van der Waals surface area contributed by atoms with Crippen LogP contribution >= 0.6 is 0 Å². The molecule has 1 fully saturated rings. The Kier molecular flexibility index (Phi) is 9.44. The third kappa shape index (κ3) is 6.90. The summed E-state index contributed by atoms with van der Waals surface area (Å²) in [5.41, 5.74) is 1.39. The first-order chi connectivity index (χ1) is 12.6. The predicted molar refractivity (Wildman–Crippen MR) is 111 cm³/mol. The van der Waals surface area contributed by atoms with Crippen LogP contribution in [0, 0.1) is 0 Å². The average molecular weight is 362 g/mol. The molecule has 4 nitrogen and oxygen atoms in total. The second-order valence-corrected chi connectivity index (χ2v) is 7.84. The average Bonchev–Trinajstić information content (AvgIpc) is 2.92. The van der Waals surface area contributed by atoms with Crippen molar-refractivity contribution in [1.82, 2.24) is 15.1 Å². The maximum Gasteiger partial charge on any atom is 0.119 e. The Morgan fingerprint density at radius 2 is 1.92 bits per heavy atom. The second-order valence-electron chi connectivity index (χ2n) is 7.84. The maximum atomic E-state index is 5.88. The lowest BCUT2D eigenvalue weighted by Crippen LogP contribution is -2.43. The zero-order valence-corrected chi connectivity index (χ0v) is 17.3. The van der Waals surface area contributed by atoms with Crippen molar-refractivity contribution in [3.05, 3.63) is 29.8 Å². The van der Waals surface area contributed by atoms with Crippen molar-refractivity contribution in [2.75, 3.05) is 46.9 Å². The van der Waals surface area contributed by atoms with Gasteiger partial charge in [-0.25, -0.2) is 0 Å². The highest BCUT2D eigenvalue weighted by atomic mass is 16.5. The summed E-state index contributed by atoms with van der Waals surface area (Å²) in [6, 6.07) is 9.86. The lowest BCUT2D eigenvalue weighted by molar-refractivity contribution is 0.136. The Bertz CT molecular complexity index is 481. The fourth-order valence-corrected chi connectivity index (χ4v) is 3.84. The van der Waals surface area contributed by atoms with Crippen LogP contribution in [0.5, 0.6) is 5.75 Å². The molecule has 1 heterocycles. The van der Waals surface area contributed by atoms with Crippen molar-refractivity contribution in [3.63, 3.8) is 0 Å². The lowest BCUT2D eigenvalue weighted by Gasteiger charge is -2.36. The molecule has 4 heteroatoms. The summed E-state index contributed by atoms with van der Waals surface area (Å²) in [5, 5.41) is 3.62. The van der Waals surface area contributed by atoms with E-state index in [-0.39, 0.29) is 0 Å². The van der Waals surface area contributed by atoms with Crippen molar-refractivity contribution in [2.45, 2.75) is 58.0 Å². The number of benzene rings is 1. The molecule has 1 aromatic carbocycles. The molecule has 0 spiro atoms. The van der Waals surface area contributed by atoms with Gasteiger partial charge in [-0.2, -0.15) is 0 Å². The van der Waals surface area contributed by atoms with Crippen LogP contribution in [0.2, 0.25) is 0 Å².